The van der Waals surface area contributed by atoms with Gasteiger partial charge in [0.1, 0.15) is 5.76 Å². The first-order chi connectivity index (χ1) is 8.15. The van der Waals surface area contributed by atoms with Crippen molar-refractivity contribution in [3.8, 4) is 0 Å². The molecule has 1 N–H and O–H groups in total. The Bertz CT molecular complexity index is 452. The molecule has 17 heavy (non-hydrogen) atoms. The summed E-state index contributed by atoms with van der Waals surface area (Å²) in [4.78, 5) is 0. The zero-order valence-electron chi connectivity index (χ0n) is 9.94. The lowest BCUT2D eigenvalue weighted by Gasteiger charge is -2.18. The van der Waals surface area contributed by atoms with E-state index >= 15 is 0 Å². The molecule has 2 aromatic heterocycles. The molecule has 2 atom stereocenters. The summed E-state index contributed by atoms with van der Waals surface area (Å²) in [6, 6.07) is 6.62. The van der Waals surface area contributed by atoms with Crippen LogP contribution in [-0.4, -0.2) is 6.04 Å². The van der Waals surface area contributed by atoms with E-state index < -0.39 is 0 Å². The number of halogens is 1. The van der Waals surface area contributed by atoms with Crippen LogP contribution < -0.4 is 5.32 Å². The lowest BCUT2D eigenvalue weighted by molar-refractivity contribution is 0.429. The molecule has 0 amide bonds. The second-order valence-corrected chi connectivity index (χ2v) is 5.80. The number of hydrogen-bond acceptors (Lipinski definition) is 3. The molecule has 0 radical (unpaired) electrons. The Kier molecular flexibility index (Phi) is 4.26. The van der Waals surface area contributed by atoms with Crippen LogP contribution in [0.3, 0.4) is 0 Å². The minimum atomic E-state index is 0.309. The largest absolute Gasteiger partial charge is 0.469 e. The molecule has 0 saturated heterocycles. The standard InChI is InChI=1S/C13H16ClNOS/c1-9(6-12-4-3-5-16-12)15-10(2)11-7-13(14)17-8-11/h3-5,7-10,15H,6H2,1-2H3. The summed E-state index contributed by atoms with van der Waals surface area (Å²) >= 11 is 7.50. The number of furan rings is 1. The molecule has 2 aromatic rings. The Hall–Kier alpha value is -0.770. The highest BCUT2D eigenvalue weighted by Gasteiger charge is 2.12. The summed E-state index contributed by atoms with van der Waals surface area (Å²) in [5.41, 5.74) is 1.24. The lowest BCUT2D eigenvalue weighted by atomic mass is 10.1. The van der Waals surface area contributed by atoms with Crippen molar-refractivity contribution in [1.29, 1.82) is 0 Å². The molecule has 0 aliphatic carbocycles. The van der Waals surface area contributed by atoms with E-state index in [1.165, 1.54) is 5.56 Å². The molecule has 0 bridgehead atoms. The van der Waals surface area contributed by atoms with Crippen molar-refractivity contribution in [2.24, 2.45) is 0 Å². The Labute approximate surface area is 111 Å². The van der Waals surface area contributed by atoms with Gasteiger partial charge in [-0.1, -0.05) is 11.6 Å². The Morgan fingerprint density at radius 3 is 2.88 bits per heavy atom. The highest BCUT2D eigenvalue weighted by atomic mass is 35.5. The summed E-state index contributed by atoms with van der Waals surface area (Å²) in [6.07, 6.45) is 2.61. The summed E-state index contributed by atoms with van der Waals surface area (Å²) in [6.45, 7) is 4.31. The van der Waals surface area contributed by atoms with Crippen LogP contribution in [0.2, 0.25) is 4.34 Å². The number of hydrogen-bond donors (Lipinski definition) is 1. The third kappa shape index (κ3) is 3.60. The van der Waals surface area contributed by atoms with Crippen LogP contribution in [0.4, 0.5) is 0 Å². The minimum absolute atomic E-state index is 0.309. The normalized spacial score (nSPS) is 14.8. The SMILES string of the molecule is CC(Cc1ccco1)NC(C)c1csc(Cl)c1. The van der Waals surface area contributed by atoms with Gasteiger partial charge in [-0.3, -0.25) is 0 Å². The van der Waals surface area contributed by atoms with Gasteiger partial charge in [-0.25, -0.2) is 0 Å². The Morgan fingerprint density at radius 2 is 2.29 bits per heavy atom. The minimum Gasteiger partial charge on any atom is -0.469 e. The number of thiophene rings is 1. The van der Waals surface area contributed by atoms with Crippen LogP contribution in [0.25, 0.3) is 0 Å². The molecule has 0 aliphatic rings. The molecule has 0 fully saturated rings. The molecule has 2 rings (SSSR count). The van der Waals surface area contributed by atoms with Crippen molar-refractivity contribution in [2.75, 3.05) is 0 Å². The van der Waals surface area contributed by atoms with Gasteiger partial charge in [0.2, 0.25) is 0 Å². The van der Waals surface area contributed by atoms with Gasteiger partial charge in [0.05, 0.1) is 10.6 Å². The van der Waals surface area contributed by atoms with Crippen molar-refractivity contribution in [2.45, 2.75) is 32.4 Å². The summed E-state index contributed by atoms with van der Waals surface area (Å²) in [7, 11) is 0. The lowest BCUT2D eigenvalue weighted by Crippen LogP contribution is -2.30. The predicted octanol–water partition coefficient (Wildman–Crippen LogP) is 4.28. The molecule has 0 aliphatic heterocycles. The average Bonchev–Trinajstić information content (AvgIpc) is 2.89. The van der Waals surface area contributed by atoms with Crippen molar-refractivity contribution in [1.82, 2.24) is 5.32 Å². The third-order valence-corrected chi connectivity index (χ3v) is 3.82. The zero-order valence-corrected chi connectivity index (χ0v) is 11.5. The quantitative estimate of drug-likeness (QED) is 0.877. The fourth-order valence-corrected chi connectivity index (χ4v) is 2.85. The van der Waals surface area contributed by atoms with Gasteiger partial charge in [-0.15, -0.1) is 11.3 Å². The first-order valence-corrected chi connectivity index (χ1v) is 6.93. The van der Waals surface area contributed by atoms with E-state index in [9.17, 15) is 0 Å². The monoisotopic (exact) mass is 269 g/mol. The van der Waals surface area contributed by atoms with E-state index in [1.54, 1.807) is 17.6 Å². The second-order valence-electron chi connectivity index (χ2n) is 4.26. The molecule has 0 saturated carbocycles. The van der Waals surface area contributed by atoms with Gasteiger partial charge in [0.15, 0.2) is 0 Å². The fourth-order valence-electron chi connectivity index (χ4n) is 1.86. The molecule has 4 heteroatoms. The van der Waals surface area contributed by atoms with Crippen LogP contribution in [0, 0.1) is 0 Å². The summed E-state index contributed by atoms with van der Waals surface area (Å²) in [5.74, 6) is 1.01. The molecular formula is C13H16ClNOS. The van der Waals surface area contributed by atoms with Crippen molar-refractivity contribution < 1.29 is 4.42 Å². The highest BCUT2D eigenvalue weighted by Crippen LogP contribution is 2.25. The maximum Gasteiger partial charge on any atom is 0.105 e. The topological polar surface area (TPSA) is 25.2 Å². The number of nitrogens with one attached hydrogen (secondary N) is 1. The van der Waals surface area contributed by atoms with Gasteiger partial charge < -0.3 is 9.73 Å². The molecule has 92 valence electrons. The molecular weight excluding hydrogens is 254 g/mol. The Morgan fingerprint density at radius 1 is 1.47 bits per heavy atom. The average molecular weight is 270 g/mol. The van der Waals surface area contributed by atoms with Gasteiger partial charge in [-0.05, 0) is 43.0 Å². The van der Waals surface area contributed by atoms with E-state index in [-0.39, 0.29) is 0 Å². The zero-order chi connectivity index (χ0) is 12.3. The Balaban J connectivity index is 1.88. The molecule has 2 heterocycles. The van der Waals surface area contributed by atoms with Crippen LogP contribution >= 0.6 is 22.9 Å². The van der Waals surface area contributed by atoms with Crippen molar-refractivity contribution in [3.63, 3.8) is 0 Å². The maximum atomic E-state index is 5.93. The van der Waals surface area contributed by atoms with Gasteiger partial charge in [0.25, 0.3) is 0 Å². The highest BCUT2D eigenvalue weighted by molar-refractivity contribution is 7.14. The van der Waals surface area contributed by atoms with Gasteiger partial charge >= 0.3 is 0 Å². The van der Waals surface area contributed by atoms with E-state index in [0.717, 1.165) is 16.5 Å². The summed E-state index contributed by atoms with van der Waals surface area (Å²) in [5, 5.41) is 5.63. The fraction of sp³-hybridized carbons (Fsp3) is 0.385. The van der Waals surface area contributed by atoms with E-state index in [4.69, 9.17) is 16.0 Å². The first kappa shape index (κ1) is 12.7. The first-order valence-electron chi connectivity index (χ1n) is 5.67. The maximum absolute atomic E-state index is 5.93. The van der Waals surface area contributed by atoms with Crippen LogP contribution in [-0.2, 0) is 6.42 Å². The van der Waals surface area contributed by atoms with Crippen LogP contribution in [0.1, 0.15) is 31.2 Å². The van der Waals surface area contributed by atoms with Crippen molar-refractivity contribution >= 4 is 22.9 Å². The third-order valence-electron chi connectivity index (χ3n) is 2.71. The van der Waals surface area contributed by atoms with E-state index in [0.29, 0.717) is 12.1 Å². The van der Waals surface area contributed by atoms with E-state index in [2.05, 4.69) is 24.5 Å². The van der Waals surface area contributed by atoms with E-state index in [1.807, 2.05) is 18.2 Å². The van der Waals surface area contributed by atoms with Gasteiger partial charge in [0, 0.05) is 18.5 Å². The number of rotatable bonds is 5. The van der Waals surface area contributed by atoms with Crippen LogP contribution in [0.15, 0.2) is 34.3 Å². The predicted molar refractivity (Wildman–Crippen MR) is 72.8 cm³/mol. The summed E-state index contributed by atoms with van der Waals surface area (Å²) < 4.78 is 6.18. The molecule has 2 nitrogen and oxygen atoms in total. The molecule has 0 spiro atoms. The van der Waals surface area contributed by atoms with Gasteiger partial charge in [-0.2, -0.15) is 0 Å². The smallest absolute Gasteiger partial charge is 0.105 e. The van der Waals surface area contributed by atoms with Crippen LogP contribution in [0.5, 0.6) is 0 Å². The second kappa shape index (κ2) is 5.71. The van der Waals surface area contributed by atoms with Crippen molar-refractivity contribution in [3.05, 3.63) is 45.5 Å². The molecule has 2 unspecified atom stereocenters. The molecule has 0 aromatic carbocycles.